The van der Waals surface area contributed by atoms with Crippen LogP contribution in [0.2, 0.25) is 0 Å². The minimum absolute atomic E-state index is 0.0875. The second kappa shape index (κ2) is 15.7. The number of aliphatic carboxylic acids is 1. The molecule has 8 heteroatoms. The van der Waals surface area contributed by atoms with Crippen molar-refractivity contribution < 1.29 is 38.7 Å². The third-order valence-corrected chi connectivity index (χ3v) is 5.82. The van der Waals surface area contributed by atoms with E-state index in [0.717, 1.165) is 16.9 Å². The van der Waals surface area contributed by atoms with Crippen LogP contribution in [-0.4, -0.2) is 50.6 Å². The number of carboxylic acids is 2. The lowest BCUT2D eigenvalue weighted by atomic mass is 9.96. The number of carbonyl (C=O) groups is 2. The van der Waals surface area contributed by atoms with Crippen LogP contribution in [0.5, 0.6) is 23.0 Å². The predicted molar refractivity (Wildman–Crippen MR) is 154 cm³/mol. The second-order valence-electron chi connectivity index (χ2n) is 8.61. The van der Waals surface area contributed by atoms with Gasteiger partial charge >= 0.3 is 11.9 Å². The Balaban J connectivity index is 0.000000434. The normalized spacial score (nSPS) is 11.7. The van der Waals surface area contributed by atoms with Gasteiger partial charge in [-0.1, -0.05) is 36.0 Å². The number of benzene rings is 2. The molecule has 2 aromatic rings. The predicted octanol–water partition coefficient (Wildman–Crippen LogP) is 6.58. The molecule has 0 fully saturated rings. The molecule has 0 aliphatic rings. The van der Waals surface area contributed by atoms with Crippen LogP contribution in [0.1, 0.15) is 46.5 Å². The van der Waals surface area contributed by atoms with Gasteiger partial charge in [-0.3, -0.25) is 0 Å². The average molecular weight is 539 g/mol. The second-order valence-corrected chi connectivity index (χ2v) is 8.61. The van der Waals surface area contributed by atoms with Gasteiger partial charge in [0.05, 0.1) is 34.0 Å². The SMILES string of the molecule is COc1cc(C(=O)O)cc(OC)c1OC.COc1cc(C)c(/C=C/C(C)=C/C=C/C(C)=C/C(=O)O)c(C)c1C. The molecule has 0 bridgehead atoms. The van der Waals surface area contributed by atoms with Crippen molar-refractivity contribution in [2.45, 2.75) is 34.6 Å². The molecule has 0 aliphatic heterocycles. The maximum atomic E-state index is 10.8. The topological polar surface area (TPSA) is 112 Å². The molecule has 0 atom stereocenters. The minimum Gasteiger partial charge on any atom is -0.496 e. The molecule has 0 amide bonds. The summed E-state index contributed by atoms with van der Waals surface area (Å²) in [5.41, 5.74) is 6.62. The van der Waals surface area contributed by atoms with Crippen molar-refractivity contribution in [2.24, 2.45) is 0 Å². The van der Waals surface area contributed by atoms with Crippen molar-refractivity contribution in [3.8, 4) is 23.0 Å². The van der Waals surface area contributed by atoms with Crippen LogP contribution in [0, 0.1) is 20.8 Å². The number of methoxy groups -OCH3 is 4. The maximum Gasteiger partial charge on any atom is 0.335 e. The van der Waals surface area contributed by atoms with Crippen LogP contribution in [0.4, 0.5) is 0 Å². The molecule has 0 saturated carbocycles. The first-order valence-corrected chi connectivity index (χ1v) is 12.0. The smallest absolute Gasteiger partial charge is 0.335 e. The van der Waals surface area contributed by atoms with Gasteiger partial charge in [0, 0.05) is 6.08 Å². The highest BCUT2D eigenvalue weighted by Gasteiger charge is 2.16. The summed E-state index contributed by atoms with van der Waals surface area (Å²) in [4.78, 5) is 21.3. The van der Waals surface area contributed by atoms with Crippen molar-refractivity contribution in [1.29, 1.82) is 0 Å². The summed E-state index contributed by atoms with van der Waals surface area (Å²) < 4.78 is 20.5. The third-order valence-electron chi connectivity index (χ3n) is 5.82. The van der Waals surface area contributed by atoms with E-state index in [4.69, 9.17) is 29.2 Å². The van der Waals surface area contributed by atoms with E-state index in [2.05, 4.69) is 39.0 Å². The quantitative estimate of drug-likeness (QED) is 0.258. The Hall–Kier alpha value is -4.46. The monoisotopic (exact) mass is 538 g/mol. The van der Waals surface area contributed by atoms with Crippen LogP contribution in [0.3, 0.4) is 0 Å². The number of carboxylic acid groups (broad SMARTS) is 2. The Kier molecular flexibility index (Phi) is 13.1. The van der Waals surface area contributed by atoms with Crippen LogP contribution < -0.4 is 18.9 Å². The lowest BCUT2D eigenvalue weighted by molar-refractivity contribution is -0.131. The Bertz CT molecular complexity index is 1270. The molecule has 0 saturated heterocycles. The van der Waals surface area contributed by atoms with Gasteiger partial charge in [-0.05, 0) is 80.6 Å². The van der Waals surface area contributed by atoms with E-state index in [1.54, 1.807) is 20.1 Å². The van der Waals surface area contributed by atoms with E-state index >= 15 is 0 Å². The zero-order valence-electron chi connectivity index (χ0n) is 24.0. The first-order chi connectivity index (χ1) is 18.4. The van der Waals surface area contributed by atoms with Gasteiger partial charge in [0.1, 0.15) is 5.75 Å². The Morgan fingerprint density at radius 1 is 0.744 bits per heavy atom. The van der Waals surface area contributed by atoms with Gasteiger partial charge in [-0.2, -0.15) is 0 Å². The molecule has 0 unspecified atom stereocenters. The number of allylic oxidation sites excluding steroid dienone is 6. The summed E-state index contributed by atoms with van der Waals surface area (Å²) in [7, 11) is 6.02. The molecule has 2 N–H and O–H groups in total. The van der Waals surface area contributed by atoms with Crippen molar-refractivity contribution in [1.82, 2.24) is 0 Å². The number of hydrogen-bond acceptors (Lipinski definition) is 6. The van der Waals surface area contributed by atoms with Gasteiger partial charge < -0.3 is 29.2 Å². The van der Waals surface area contributed by atoms with Gasteiger partial charge in [0.2, 0.25) is 5.75 Å². The first-order valence-electron chi connectivity index (χ1n) is 12.0. The zero-order chi connectivity index (χ0) is 29.7. The molecular weight excluding hydrogens is 500 g/mol. The number of aromatic carboxylic acids is 1. The molecule has 2 aromatic carbocycles. The number of rotatable bonds is 10. The van der Waals surface area contributed by atoms with E-state index < -0.39 is 11.9 Å². The zero-order valence-corrected chi connectivity index (χ0v) is 24.0. The van der Waals surface area contributed by atoms with Crippen molar-refractivity contribution in [3.05, 3.63) is 87.5 Å². The highest BCUT2D eigenvalue weighted by molar-refractivity contribution is 5.89. The number of ether oxygens (including phenoxy) is 4. The molecule has 8 nitrogen and oxygen atoms in total. The molecule has 0 aromatic heterocycles. The van der Waals surface area contributed by atoms with E-state index in [1.165, 1.54) is 56.2 Å². The molecule has 0 radical (unpaired) electrons. The average Bonchev–Trinajstić information content (AvgIpc) is 2.89. The highest BCUT2D eigenvalue weighted by atomic mass is 16.5. The Labute approximate surface area is 230 Å². The highest BCUT2D eigenvalue weighted by Crippen LogP contribution is 2.38. The fourth-order valence-corrected chi connectivity index (χ4v) is 3.60. The molecule has 0 heterocycles. The molecule has 2 rings (SSSR count). The van der Waals surface area contributed by atoms with Crippen LogP contribution >= 0.6 is 0 Å². The molecular formula is C31H38O8. The van der Waals surface area contributed by atoms with Crippen molar-refractivity contribution in [3.63, 3.8) is 0 Å². The fraction of sp³-hybridized carbons (Fsp3) is 0.290. The molecule has 0 spiro atoms. The standard InChI is InChI=1S/C21H26O3.C10H12O5/c1-14(8-7-9-15(2)12-21(22)23)10-11-19-16(3)13-20(24-6)18(5)17(19)4;1-13-7-4-6(10(11)12)5-8(14-2)9(7)15-3/h7-13H,1-6H3,(H,22,23);4-5H,1-3H3,(H,11,12)/b9-7+,11-10+,14-8+,15-12+;. The fourth-order valence-electron chi connectivity index (χ4n) is 3.60. The summed E-state index contributed by atoms with van der Waals surface area (Å²) in [6, 6.07) is 4.81. The third kappa shape index (κ3) is 9.74. The molecule has 210 valence electrons. The van der Waals surface area contributed by atoms with Gasteiger partial charge in [0.15, 0.2) is 11.5 Å². The lowest BCUT2D eigenvalue weighted by Gasteiger charge is -2.13. The summed E-state index contributed by atoms with van der Waals surface area (Å²) >= 11 is 0. The molecule has 39 heavy (non-hydrogen) atoms. The molecule has 0 aliphatic carbocycles. The first kappa shape index (κ1) is 32.6. The van der Waals surface area contributed by atoms with Crippen molar-refractivity contribution >= 4 is 18.0 Å². The van der Waals surface area contributed by atoms with Gasteiger partial charge in [-0.25, -0.2) is 9.59 Å². The summed E-state index contributed by atoms with van der Waals surface area (Å²) in [6.07, 6.45) is 10.9. The van der Waals surface area contributed by atoms with Gasteiger partial charge in [-0.15, -0.1) is 0 Å². The minimum atomic E-state index is -1.05. The summed E-state index contributed by atoms with van der Waals surface area (Å²) in [5.74, 6) is -0.0284. The van der Waals surface area contributed by atoms with Crippen molar-refractivity contribution in [2.75, 3.05) is 28.4 Å². The van der Waals surface area contributed by atoms with E-state index in [9.17, 15) is 9.59 Å². The number of hydrogen-bond donors (Lipinski definition) is 2. The summed E-state index contributed by atoms with van der Waals surface area (Å²) in [5, 5.41) is 17.5. The van der Waals surface area contributed by atoms with Crippen LogP contribution in [0.25, 0.3) is 6.08 Å². The van der Waals surface area contributed by atoms with E-state index in [-0.39, 0.29) is 5.56 Å². The Morgan fingerprint density at radius 2 is 1.31 bits per heavy atom. The maximum absolute atomic E-state index is 10.8. The van der Waals surface area contributed by atoms with Crippen LogP contribution in [0.15, 0.2) is 59.7 Å². The van der Waals surface area contributed by atoms with Crippen LogP contribution in [-0.2, 0) is 4.79 Å². The lowest BCUT2D eigenvalue weighted by Crippen LogP contribution is -2.01. The largest absolute Gasteiger partial charge is 0.496 e. The van der Waals surface area contributed by atoms with E-state index in [1.807, 2.05) is 19.1 Å². The van der Waals surface area contributed by atoms with Gasteiger partial charge in [0.25, 0.3) is 0 Å². The summed E-state index contributed by atoms with van der Waals surface area (Å²) in [6.45, 7) is 10.0. The van der Waals surface area contributed by atoms with E-state index in [0.29, 0.717) is 22.8 Å². The Morgan fingerprint density at radius 3 is 1.77 bits per heavy atom. The number of aryl methyl sites for hydroxylation is 1.